The van der Waals surface area contributed by atoms with Crippen LogP contribution in [0.1, 0.15) is 25.1 Å². The van der Waals surface area contributed by atoms with E-state index in [0.717, 1.165) is 5.56 Å². The van der Waals surface area contributed by atoms with Gasteiger partial charge in [0.05, 0.1) is 5.54 Å². The van der Waals surface area contributed by atoms with Crippen molar-refractivity contribution < 1.29 is 9.13 Å². The molecular weight excluding hydrogens is 301 g/mol. The van der Waals surface area contributed by atoms with Crippen LogP contribution in [0.3, 0.4) is 0 Å². The number of pyridine rings is 1. The highest BCUT2D eigenvalue weighted by atomic mass is 32.1. The molecule has 3 N–H and O–H groups in total. The highest BCUT2D eigenvalue weighted by molar-refractivity contribution is 7.80. The lowest BCUT2D eigenvalue weighted by Crippen LogP contribution is -2.44. The normalized spacial score (nSPS) is 11.0. The summed E-state index contributed by atoms with van der Waals surface area (Å²) >= 11 is 4.90. The van der Waals surface area contributed by atoms with E-state index in [4.69, 9.17) is 22.7 Å². The van der Waals surface area contributed by atoms with Gasteiger partial charge in [0.1, 0.15) is 23.9 Å². The lowest BCUT2D eigenvalue weighted by atomic mass is 9.99. The number of nitrogens with one attached hydrogen (secondary N) is 1. The van der Waals surface area contributed by atoms with Crippen molar-refractivity contribution >= 4 is 17.3 Å². The van der Waals surface area contributed by atoms with E-state index in [1.54, 1.807) is 24.4 Å². The number of rotatable bonds is 5. The van der Waals surface area contributed by atoms with Crippen molar-refractivity contribution in [2.75, 3.05) is 0 Å². The van der Waals surface area contributed by atoms with Gasteiger partial charge in [-0.1, -0.05) is 12.1 Å². The maximum atomic E-state index is 13.2. The molecule has 116 valence electrons. The zero-order chi connectivity index (χ0) is 16.2. The molecular formula is C16H18FN3OS. The van der Waals surface area contributed by atoms with Crippen molar-refractivity contribution in [1.29, 1.82) is 0 Å². The number of ether oxygens (including phenoxy) is 1. The molecule has 0 radical (unpaired) electrons. The molecule has 0 saturated carbocycles. The number of nitrogens with two attached hydrogens (primary N) is 1. The van der Waals surface area contributed by atoms with Crippen LogP contribution in [0.15, 0.2) is 42.6 Å². The Balaban J connectivity index is 2.20. The molecule has 4 nitrogen and oxygen atoms in total. The molecule has 0 spiro atoms. The predicted octanol–water partition coefficient (Wildman–Crippen LogP) is 2.87. The summed E-state index contributed by atoms with van der Waals surface area (Å²) in [6, 6.07) is 9.88. The van der Waals surface area contributed by atoms with Crippen LogP contribution in [0.25, 0.3) is 0 Å². The Morgan fingerprint density at radius 3 is 2.82 bits per heavy atom. The van der Waals surface area contributed by atoms with Crippen molar-refractivity contribution in [3.05, 3.63) is 59.7 Å². The summed E-state index contributed by atoms with van der Waals surface area (Å²) in [5, 5.41) is 3.18. The van der Waals surface area contributed by atoms with Crippen molar-refractivity contribution in [2.24, 2.45) is 5.73 Å². The topological polar surface area (TPSA) is 60.2 Å². The Hall–Kier alpha value is -2.21. The van der Waals surface area contributed by atoms with Crippen LogP contribution < -0.4 is 15.8 Å². The molecule has 1 aromatic carbocycles. The SMILES string of the molecule is CC(C)(NC(N)=S)c1ncccc1OCc1cccc(F)c1. The summed E-state index contributed by atoms with van der Waals surface area (Å²) in [6.07, 6.45) is 1.67. The standard InChI is InChI=1S/C16H18FN3OS/c1-16(2,20-15(18)22)14-13(7-4-8-19-14)21-10-11-5-3-6-12(17)9-11/h3-9H,10H2,1-2H3,(H3,18,20,22). The first-order chi connectivity index (χ1) is 10.4. The number of aromatic nitrogens is 1. The largest absolute Gasteiger partial charge is 0.487 e. The Bertz CT molecular complexity index is 676. The number of hydrogen-bond acceptors (Lipinski definition) is 3. The lowest BCUT2D eigenvalue weighted by molar-refractivity contribution is 0.290. The van der Waals surface area contributed by atoms with Gasteiger partial charge in [0.15, 0.2) is 5.11 Å². The monoisotopic (exact) mass is 319 g/mol. The molecule has 0 fully saturated rings. The van der Waals surface area contributed by atoms with E-state index in [2.05, 4.69) is 10.3 Å². The third kappa shape index (κ3) is 4.14. The number of nitrogens with zero attached hydrogens (tertiary/aromatic N) is 1. The summed E-state index contributed by atoms with van der Waals surface area (Å²) in [7, 11) is 0. The highest BCUT2D eigenvalue weighted by Gasteiger charge is 2.26. The summed E-state index contributed by atoms with van der Waals surface area (Å²) in [5.41, 5.74) is 6.40. The second kappa shape index (κ2) is 6.70. The van der Waals surface area contributed by atoms with Gasteiger partial charge >= 0.3 is 0 Å². The average Bonchev–Trinajstić information content (AvgIpc) is 2.44. The third-order valence-corrected chi connectivity index (χ3v) is 3.18. The minimum absolute atomic E-state index is 0.187. The molecule has 1 aromatic heterocycles. The van der Waals surface area contributed by atoms with Gasteiger partial charge in [-0.15, -0.1) is 0 Å². The van der Waals surface area contributed by atoms with Crippen LogP contribution in [0.5, 0.6) is 5.75 Å². The highest BCUT2D eigenvalue weighted by Crippen LogP contribution is 2.28. The zero-order valence-electron chi connectivity index (χ0n) is 12.5. The Morgan fingerprint density at radius 2 is 2.14 bits per heavy atom. The maximum Gasteiger partial charge on any atom is 0.164 e. The molecule has 0 bridgehead atoms. The van der Waals surface area contributed by atoms with E-state index in [1.165, 1.54) is 12.1 Å². The van der Waals surface area contributed by atoms with Gasteiger partial charge in [0.2, 0.25) is 0 Å². The molecule has 0 unspecified atom stereocenters. The van der Waals surface area contributed by atoms with Crippen molar-refractivity contribution in [1.82, 2.24) is 10.3 Å². The van der Waals surface area contributed by atoms with E-state index in [-0.39, 0.29) is 17.5 Å². The zero-order valence-corrected chi connectivity index (χ0v) is 13.3. The molecule has 0 aliphatic rings. The molecule has 0 amide bonds. The molecule has 0 saturated heterocycles. The molecule has 0 atom stereocenters. The number of hydrogen-bond donors (Lipinski definition) is 2. The first-order valence-corrected chi connectivity index (χ1v) is 7.19. The Morgan fingerprint density at radius 1 is 1.36 bits per heavy atom. The van der Waals surface area contributed by atoms with E-state index in [9.17, 15) is 4.39 Å². The fraction of sp³-hybridized carbons (Fsp3) is 0.250. The van der Waals surface area contributed by atoms with Gasteiger partial charge in [0, 0.05) is 6.20 Å². The number of benzene rings is 1. The summed E-state index contributed by atoms with van der Waals surface area (Å²) < 4.78 is 19.0. The maximum absolute atomic E-state index is 13.2. The second-order valence-corrected chi connectivity index (χ2v) is 5.82. The number of thiocarbonyl (C=S) groups is 1. The molecule has 22 heavy (non-hydrogen) atoms. The van der Waals surface area contributed by atoms with E-state index in [0.29, 0.717) is 11.4 Å². The van der Waals surface area contributed by atoms with Crippen molar-refractivity contribution in [3.63, 3.8) is 0 Å². The predicted molar refractivity (Wildman–Crippen MR) is 87.9 cm³/mol. The number of halogens is 1. The summed E-state index contributed by atoms with van der Waals surface area (Å²) in [4.78, 5) is 4.36. The Labute approximate surface area is 134 Å². The van der Waals surface area contributed by atoms with E-state index in [1.807, 2.05) is 19.9 Å². The quantitative estimate of drug-likeness (QED) is 0.830. The second-order valence-electron chi connectivity index (χ2n) is 5.38. The van der Waals surface area contributed by atoms with E-state index >= 15 is 0 Å². The van der Waals surface area contributed by atoms with Crippen LogP contribution in [0.2, 0.25) is 0 Å². The molecule has 2 aromatic rings. The first-order valence-electron chi connectivity index (χ1n) is 6.79. The van der Waals surface area contributed by atoms with Crippen LogP contribution >= 0.6 is 12.2 Å². The van der Waals surface area contributed by atoms with Crippen LogP contribution in [-0.2, 0) is 12.1 Å². The molecule has 2 rings (SSSR count). The summed E-state index contributed by atoms with van der Waals surface area (Å²) in [5.74, 6) is 0.309. The first kappa shape index (κ1) is 16.2. The summed E-state index contributed by atoms with van der Waals surface area (Å²) in [6.45, 7) is 4.06. The third-order valence-electron chi connectivity index (χ3n) is 3.08. The van der Waals surface area contributed by atoms with Gasteiger partial charge in [-0.3, -0.25) is 4.98 Å². The van der Waals surface area contributed by atoms with Crippen molar-refractivity contribution in [2.45, 2.75) is 26.0 Å². The Kier molecular flexibility index (Phi) is 4.92. The van der Waals surface area contributed by atoms with Crippen LogP contribution in [-0.4, -0.2) is 10.1 Å². The molecule has 0 aliphatic carbocycles. The van der Waals surface area contributed by atoms with Gasteiger partial charge in [-0.05, 0) is 55.9 Å². The van der Waals surface area contributed by atoms with Gasteiger partial charge < -0.3 is 15.8 Å². The molecule has 1 heterocycles. The van der Waals surface area contributed by atoms with Crippen LogP contribution in [0, 0.1) is 5.82 Å². The smallest absolute Gasteiger partial charge is 0.164 e. The molecule has 6 heteroatoms. The molecule has 0 aliphatic heterocycles. The van der Waals surface area contributed by atoms with Crippen LogP contribution in [0.4, 0.5) is 4.39 Å². The lowest BCUT2D eigenvalue weighted by Gasteiger charge is -2.27. The fourth-order valence-electron chi connectivity index (χ4n) is 2.13. The average molecular weight is 319 g/mol. The minimum atomic E-state index is -0.579. The fourth-order valence-corrected chi connectivity index (χ4v) is 2.39. The van der Waals surface area contributed by atoms with Gasteiger partial charge in [0.25, 0.3) is 0 Å². The van der Waals surface area contributed by atoms with E-state index < -0.39 is 5.54 Å². The van der Waals surface area contributed by atoms with Gasteiger partial charge in [-0.2, -0.15) is 0 Å². The minimum Gasteiger partial charge on any atom is -0.487 e. The van der Waals surface area contributed by atoms with Gasteiger partial charge in [-0.25, -0.2) is 4.39 Å². The van der Waals surface area contributed by atoms with Crippen molar-refractivity contribution in [3.8, 4) is 5.75 Å².